The lowest BCUT2D eigenvalue weighted by Crippen LogP contribution is -2.44. The summed E-state index contributed by atoms with van der Waals surface area (Å²) in [6.45, 7) is 0.774. The van der Waals surface area contributed by atoms with Crippen LogP contribution >= 0.6 is 24.8 Å². The third-order valence-corrected chi connectivity index (χ3v) is 5.02. The molecule has 1 N–H and O–H groups in total. The summed E-state index contributed by atoms with van der Waals surface area (Å²) >= 11 is 0. The van der Waals surface area contributed by atoms with Gasteiger partial charge in [0.2, 0.25) is 5.91 Å². The van der Waals surface area contributed by atoms with Crippen LogP contribution in [0.25, 0.3) is 0 Å². The predicted octanol–water partition coefficient (Wildman–Crippen LogP) is 2.85. The van der Waals surface area contributed by atoms with E-state index >= 15 is 0 Å². The highest BCUT2D eigenvalue weighted by Crippen LogP contribution is 2.33. The van der Waals surface area contributed by atoms with Crippen LogP contribution in [0.15, 0.2) is 24.5 Å². The summed E-state index contributed by atoms with van der Waals surface area (Å²) in [4.78, 5) is 18.5. The molecule has 3 atom stereocenters. The van der Waals surface area contributed by atoms with E-state index in [9.17, 15) is 4.79 Å². The molecule has 0 spiro atoms. The quantitative estimate of drug-likeness (QED) is 0.898. The Morgan fingerprint density at radius 2 is 1.96 bits per heavy atom. The predicted molar refractivity (Wildman–Crippen MR) is 97.4 cm³/mol. The van der Waals surface area contributed by atoms with E-state index in [1.807, 2.05) is 24.1 Å². The first kappa shape index (κ1) is 20.2. The van der Waals surface area contributed by atoms with E-state index < -0.39 is 0 Å². The third-order valence-electron chi connectivity index (χ3n) is 5.02. The van der Waals surface area contributed by atoms with Crippen molar-refractivity contribution in [2.24, 2.45) is 5.92 Å². The summed E-state index contributed by atoms with van der Waals surface area (Å²) < 4.78 is 0. The third kappa shape index (κ3) is 5.07. The molecule has 1 aliphatic carbocycles. The highest BCUT2D eigenvalue weighted by molar-refractivity contribution is 5.85. The number of hydrogen-bond donors (Lipinski definition) is 1. The molecule has 130 valence electrons. The molecule has 0 aromatic carbocycles. The van der Waals surface area contributed by atoms with Crippen molar-refractivity contribution in [1.29, 1.82) is 0 Å². The maximum atomic E-state index is 12.6. The monoisotopic (exact) mass is 359 g/mol. The molecular weight excluding hydrogens is 333 g/mol. The van der Waals surface area contributed by atoms with E-state index in [0.29, 0.717) is 6.04 Å². The van der Waals surface area contributed by atoms with Gasteiger partial charge in [0.1, 0.15) is 0 Å². The molecule has 3 rings (SSSR count). The number of fused-ring (bicyclic) bond motifs is 1. The lowest BCUT2D eigenvalue weighted by Gasteiger charge is -2.24. The fourth-order valence-corrected chi connectivity index (χ4v) is 3.73. The fourth-order valence-electron chi connectivity index (χ4n) is 3.73. The van der Waals surface area contributed by atoms with Crippen molar-refractivity contribution in [2.75, 3.05) is 13.6 Å². The number of carbonyl (C=O) groups excluding carboxylic acids is 1. The van der Waals surface area contributed by atoms with E-state index in [1.165, 1.54) is 31.2 Å². The first-order valence-corrected chi connectivity index (χ1v) is 8.14. The van der Waals surface area contributed by atoms with E-state index in [-0.39, 0.29) is 36.8 Å². The van der Waals surface area contributed by atoms with Gasteiger partial charge in [0, 0.05) is 32.0 Å². The molecule has 1 aliphatic heterocycles. The van der Waals surface area contributed by atoms with Crippen LogP contribution in [-0.4, -0.2) is 41.5 Å². The second-order valence-corrected chi connectivity index (χ2v) is 6.47. The number of carbonyl (C=O) groups is 1. The first-order chi connectivity index (χ1) is 10.2. The van der Waals surface area contributed by atoms with Crippen molar-refractivity contribution in [1.82, 2.24) is 15.2 Å². The van der Waals surface area contributed by atoms with Crippen LogP contribution in [0.4, 0.5) is 0 Å². The second kappa shape index (κ2) is 9.45. The van der Waals surface area contributed by atoms with E-state index in [2.05, 4.69) is 10.3 Å². The molecule has 1 amide bonds. The van der Waals surface area contributed by atoms with Crippen molar-refractivity contribution >= 4 is 30.7 Å². The Labute approximate surface area is 151 Å². The lowest BCUT2D eigenvalue weighted by atomic mass is 9.85. The molecule has 1 saturated carbocycles. The molecule has 1 aromatic heterocycles. The summed E-state index contributed by atoms with van der Waals surface area (Å²) in [5.41, 5.74) is 1.23. The molecule has 2 heterocycles. The van der Waals surface area contributed by atoms with Crippen molar-refractivity contribution in [3.05, 3.63) is 30.1 Å². The minimum atomic E-state index is 0. The van der Waals surface area contributed by atoms with E-state index in [1.54, 1.807) is 12.4 Å². The molecule has 2 aliphatic rings. The van der Waals surface area contributed by atoms with Gasteiger partial charge in [-0.05, 0) is 49.3 Å². The zero-order valence-corrected chi connectivity index (χ0v) is 15.2. The number of halogens is 2. The van der Waals surface area contributed by atoms with Crippen molar-refractivity contribution in [3.63, 3.8) is 0 Å². The van der Waals surface area contributed by atoms with Crippen molar-refractivity contribution in [2.45, 2.75) is 50.6 Å². The van der Waals surface area contributed by atoms with Gasteiger partial charge in [0.05, 0.1) is 6.04 Å². The number of nitrogens with zero attached hydrogens (tertiary/aromatic N) is 2. The molecule has 3 unspecified atom stereocenters. The highest BCUT2D eigenvalue weighted by Gasteiger charge is 2.38. The Kier molecular flexibility index (Phi) is 8.31. The number of amides is 1. The standard InChI is InChI=1S/C17H25N3O.2ClH/c1-20(11-8-13-6-9-18-10-7-13)17(21)16-12-14-4-2-3-5-15(14)19-16;;/h6-7,9-10,14-16,19H,2-5,8,11-12H2,1H3;2*1H. The summed E-state index contributed by atoms with van der Waals surface area (Å²) in [5.74, 6) is 0.986. The Morgan fingerprint density at radius 1 is 1.26 bits per heavy atom. The SMILES string of the molecule is CN(CCc1ccncc1)C(=O)C1CC2CCCCC2N1.Cl.Cl. The van der Waals surface area contributed by atoms with Gasteiger partial charge in [-0.1, -0.05) is 12.8 Å². The average Bonchev–Trinajstić information content (AvgIpc) is 2.97. The summed E-state index contributed by atoms with van der Waals surface area (Å²) in [6.07, 6.45) is 10.7. The molecule has 1 saturated heterocycles. The van der Waals surface area contributed by atoms with E-state index in [4.69, 9.17) is 0 Å². The fraction of sp³-hybridized carbons (Fsp3) is 0.647. The van der Waals surface area contributed by atoms with Crippen LogP contribution in [0.2, 0.25) is 0 Å². The number of nitrogens with one attached hydrogen (secondary N) is 1. The van der Waals surface area contributed by atoms with Gasteiger partial charge < -0.3 is 10.2 Å². The van der Waals surface area contributed by atoms with Gasteiger partial charge >= 0.3 is 0 Å². The van der Waals surface area contributed by atoms with Crippen LogP contribution in [-0.2, 0) is 11.2 Å². The molecule has 1 aromatic rings. The van der Waals surface area contributed by atoms with Gasteiger partial charge in [-0.25, -0.2) is 0 Å². The van der Waals surface area contributed by atoms with Crippen molar-refractivity contribution < 1.29 is 4.79 Å². The Morgan fingerprint density at radius 3 is 2.65 bits per heavy atom. The molecular formula is C17H27Cl2N3O. The number of pyridine rings is 1. The summed E-state index contributed by atoms with van der Waals surface area (Å²) in [7, 11) is 1.92. The molecule has 0 radical (unpaired) electrons. The molecule has 23 heavy (non-hydrogen) atoms. The Balaban J connectivity index is 0.00000132. The minimum absolute atomic E-state index is 0. The number of rotatable bonds is 4. The molecule has 0 bridgehead atoms. The number of hydrogen-bond acceptors (Lipinski definition) is 3. The van der Waals surface area contributed by atoms with Gasteiger partial charge in [-0.15, -0.1) is 24.8 Å². The smallest absolute Gasteiger partial charge is 0.239 e. The first-order valence-electron chi connectivity index (χ1n) is 8.14. The summed E-state index contributed by atoms with van der Waals surface area (Å²) in [5, 5.41) is 3.57. The molecule has 6 heteroatoms. The zero-order chi connectivity index (χ0) is 14.7. The second-order valence-electron chi connectivity index (χ2n) is 6.47. The zero-order valence-electron chi connectivity index (χ0n) is 13.6. The van der Waals surface area contributed by atoms with Crippen LogP contribution in [0.3, 0.4) is 0 Å². The summed E-state index contributed by atoms with van der Waals surface area (Å²) in [6, 6.07) is 4.66. The normalized spacial score (nSPS) is 25.7. The Hall–Kier alpha value is -0.840. The maximum Gasteiger partial charge on any atom is 0.239 e. The minimum Gasteiger partial charge on any atom is -0.344 e. The van der Waals surface area contributed by atoms with Crippen molar-refractivity contribution in [3.8, 4) is 0 Å². The molecule has 2 fully saturated rings. The van der Waals surface area contributed by atoms with Crippen LogP contribution in [0.5, 0.6) is 0 Å². The largest absolute Gasteiger partial charge is 0.344 e. The molecule has 4 nitrogen and oxygen atoms in total. The van der Waals surface area contributed by atoms with E-state index in [0.717, 1.165) is 25.3 Å². The average molecular weight is 360 g/mol. The van der Waals surface area contributed by atoms with Crippen LogP contribution < -0.4 is 5.32 Å². The van der Waals surface area contributed by atoms with Gasteiger partial charge in [0.15, 0.2) is 0 Å². The number of aromatic nitrogens is 1. The number of likely N-dealkylation sites (N-methyl/N-ethyl adjacent to an activating group) is 1. The van der Waals surface area contributed by atoms with Crippen LogP contribution in [0, 0.1) is 5.92 Å². The lowest BCUT2D eigenvalue weighted by molar-refractivity contribution is -0.131. The van der Waals surface area contributed by atoms with Crippen LogP contribution in [0.1, 0.15) is 37.7 Å². The maximum absolute atomic E-state index is 12.6. The highest BCUT2D eigenvalue weighted by atomic mass is 35.5. The Bertz CT molecular complexity index is 472. The van der Waals surface area contributed by atoms with Gasteiger partial charge in [0.25, 0.3) is 0 Å². The topological polar surface area (TPSA) is 45.2 Å². The van der Waals surface area contributed by atoms with Gasteiger partial charge in [-0.3, -0.25) is 9.78 Å². The van der Waals surface area contributed by atoms with Gasteiger partial charge in [-0.2, -0.15) is 0 Å².